The maximum Gasteiger partial charge on any atom is 0.418 e. The summed E-state index contributed by atoms with van der Waals surface area (Å²) in [7, 11) is 1.60. The molecule has 0 unspecified atom stereocenters. The largest absolute Gasteiger partial charge is 0.418 e. The van der Waals surface area contributed by atoms with Crippen LogP contribution in [0.25, 0.3) is 33.2 Å². The van der Waals surface area contributed by atoms with Gasteiger partial charge >= 0.3 is 6.18 Å². The SMILES string of the molecule is Cn1cc2cc(-c3ncc4cc(N5CC[C@H](NC(C)(C)C)C5)ccc4n3)cc(C(F)(F)F)c2n1. The molecule has 6 nitrogen and oxygen atoms in total. The highest BCUT2D eigenvalue weighted by atomic mass is 19.4. The average molecular weight is 469 g/mol. The van der Waals surface area contributed by atoms with Gasteiger partial charge in [-0.25, -0.2) is 9.97 Å². The first-order chi connectivity index (χ1) is 16.0. The molecule has 1 saturated heterocycles. The summed E-state index contributed by atoms with van der Waals surface area (Å²) in [5.74, 6) is 0.257. The Bertz CT molecular complexity index is 1370. The van der Waals surface area contributed by atoms with Gasteiger partial charge in [0.15, 0.2) is 5.82 Å². The van der Waals surface area contributed by atoms with Crippen molar-refractivity contribution < 1.29 is 13.2 Å². The van der Waals surface area contributed by atoms with Gasteiger partial charge in [0.1, 0.15) is 5.52 Å². The maximum atomic E-state index is 13.7. The quantitative estimate of drug-likeness (QED) is 0.450. The van der Waals surface area contributed by atoms with Crippen LogP contribution in [-0.4, -0.2) is 44.4 Å². The van der Waals surface area contributed by atoms with E-state index in [1.54, 1.807) is 25.5 Å². The number of fused-ring (bicyclic) bond motifs is 2. The van der Waals surface area contributed by atoms with Crippen molar-refractivity contribution in [3.63, 3.8) is 0 Å². The van der Waals surface area contributed by atoms with Gasteiger partial charge in [-0.05, 0) is 57.5 Å². The number of hydrogen-bond donors (Lipinski definition) is 1. The normalized spacial score (nSPS) is 17.3. The maximum absolute atomic E-state index is 13.7. The van der Waals surface area contributed by atoms with Crippen molar-refractivity contribution in [2.75, 3.05) is 18.0 Å². The molecule has 0 bridgehead atoms. The molecule has 1 aliphatic rings. The molecule has 0 radical (unpaired) electrons. The van der Waals surface area contributed by atoms with Gasteiger partial charge in [-0.3, -0.25) is 4.68 Å². The number of benzene rings is 2. The van der Waals surface area contributed by atoms with Crippen molar-refractivity contribution in [2.24, 2.45) is 7.05 Å². The van der Waals surface area contributed by atoms with E-state index in [1.165, 1.54) is 4.68 Å². The predicted octanol–water partition coefficient (Wildman–Crippen LogP) is 5.17. The van der Waals surface area contributed by atoms with E-state index in [1.807, 2.05) is 18.2 Å². The van der Waals surface area contributed by atoms with Crippen LogP contribution in [0.1, 0.15) is 32.8 Å². The number of hydrogen-bond acceptors (Lipinski definition) is 5. The van der Waals surface area contributed by atoms with Gasteiger partial charge in [-0.1, -0.05) is 0 Å². The van der Waals surface area contributed by atoms with Crippen molar-refractivity contribution in [3.05, 3.63) is 48.3 Å². The van der Waals surface area contributed by atoms with Crippen LogP contribution < -0.4 is 10.2 Å². The second kappa shape index (κ2) is 7.94. The number of aryl methyl sites for hydroxylation is 1. The number of halogens is 3. The number of aromatic nitrogens is 4. The summed E-state index contributed by atoms with van der Waals surface area (Å²) >= 11 is 0. The molecule has 0 aliphatic carbocycles. The van der Waals surface area contributed by atoms with Crippen LogP contribution in [0.5, 0.6) is 0 Å². The fourth-order valence-corrected chi connectivity index (χ4v) is 4.68. The zero-order chi connectivity index (χ0) is 24.3. The highest BCUT2D eigenvalue weighted by Crippen LogP contribution is 2.37. The molecule has 4 aromatic rings. The Kier molecular flexibility index (Phi) is 5.27. The van der Waals surface area contributed by atoms with Crippen LogP contribution in [0.2, 0.25) is 0 Å². The molecular formula is C25H27F3N6. The summed E-state index contributed by atoms with van der Waals surface area (Å²) in [5.41, 5.74) is 1.31. The molecule has 1 aliphatic heterocycles. The first-order valence-corrected chi connectivity index (χ1v) is 11.3. The van der Waals surface area contributed by atoms with Crippen molar-refractivity contribution in [1.29, 1.82) is 0 Å². The first-order valence-electron chi connectivity index (χ1n) is 11.3. The molecule has 2 aromatic carbocycles. The van der Waals surface area contributed by atoms with Gasteiger partial charge in [0.25, 0.3) is 0 Å². The molecule has 9 heteroatoms. The minimum atomic E-state index is -4.52. The zero-order valence-electron chi connectivity index (χ0n) is 19.6. The Morgan fingerprint density at radius 2 is 1.85 bits per heavy atom. The number of nitrogens with zero attached hydrogens (tertiary/aromatic N) is 5. The van der Waals surface area contributed by atoms with Crippen LogP contribution in [0, 0.1) is 0 Å². The first kappa shape index (κ1) is 22.6. The molecule has 5 rings (SSSR count). The molecule has 1 N–H and O–H groups in total. The average Bonchev–Trinajstić information content (AvgIpc) is 3.35. The molecule has 0 saturated carbocycles. The fourth-order valence-electron chi connectivity index (χ4n) is 4.68. The van der Waals surface area contributed by atoms with Gasteiger partial charge < -0.3 is 10.2 Å². The van der Waals surface area contributed by atoms with Crippen molar-refractivity contribution in [2.45, 2.75) is 44.9 Å². The van der Waals surface area contributed by atoms with E-state index in [-0.39, 0.29) is 16.9 Å². The standard InChI is InChI=1S/C25H27F3N6/c1-24(2,3)31-18-7-8-34(14-18)19-5-6-21-16(10-19)12-29-23(30-21)15-9-17-13-33(4)32-22(17)20(11-15)25(26,27)28/h5-6,9-13,18,31H,7-8,14H2,1-4H3/t18-/m0/s1. The monoisotopic (exact) mass is 468 g/mol. The smallest absolute Gasteiger partial charge is 0.370 e. The van der Waals surface area contributed by atoms with E-state index in [0.29, 0.717) is 22.5 Å². The third-order valence-corrected chi connectivity index (χ3v) is 6.04. The van der Waals surface area contributed by atoms with Crippen LogP contribution in [0.15, 0.2) is 42.7 Å². The van der Waals surface area contributed by atoms with Crippen LogP contribution >= 0.6 is 0 Å². The third-order valence-electron chi connectivity index (χ3n) is 6.04. The number of rotatable bonds is 3. The number of anilines is 1. The highest BCUT2D eigenvalue weighted by Gasteiger charge is 2.34. The van der Waals surface area contributed by atoms with Crippen molar-refractivity contribution in [3.8, 4) is 11.4 Å². The molecule has 34 heavy (non-hydrogen) atoms. The lowest BCUT2D eigenvalue weighted by Crippen LogP contribution is -2.44. The van der Waals surface area contributed by atoms with Crippen molar-refractivity contribution >= 4 is 27.5 Å². The van der Waals surface area contributed by atoms with E-state index in [0.717, 1.165) is 36.7 Å². The Balaban J connectivity index is 1.46. The van der Waals surface area contributed by atoms with Gasteiger partial charge in [-0.2, -0.15) is 18.3 Å². The lowest BCUT2D eigenvalue weighted by atomic mass is 10.1. The minimum absolute atomic E-state index is 0.0686. The molecule has 0 spiro atoms. The van der Waals surface area contributed by atoms with E-state index >= 15 is 0 Å². The molecule has 1 atom stereocenters. The lowest BCUT2D eigenvalue weighted by Gasteiger charge is -2.26. The van der Waals surface area contributed by atoms with Gasteiger partial charge in [-0.15, -0.1) is 0 Å². The van der Waals surface area contributed by atoms with Crippen LogP contribution in [-0.2, 0) is 13.2 Å². The zero-order valence-corrected chi connectivity index (χ0v) is 19.6. The third kappa shape index (κ3) is 4.44. The Morgan fingerprint density at radius 3 is 2.59 bits per heavy atom. The van der Waals surface area contributed by atoms with E-state index in [4.69, 9.17) is 0 Å². The van der Waals surface area contributed by atoms with E-state index < -0.39 is 11.7 Å². The molecular weight excluding hydrogens is 441 g/mol. The second-order valence-electron chi connectivity index (χ2n) is 10.0. The van der Waals surface area contributed by atoms with E-state index in [2.05, 4.69) is 46.1 Å². The van der Waals surface area contributed by atoms with Gasteiger partial charge in [0, 0.05) is 66.1 Å². The molecule has 0 amide bonds. The highest BCUT2D eigenvalue weighted by molar-refractivity contribution is 5.88. The summed E-state index contributed by atoms with van der Waals surface area (Å²) in [4.78, 5) is 11.3. The topological polar surface area (TPSA) is 58.9 Å². The van der Waals surface area contributed by atoms with E-state index in [9.17, 15) is 13.2 Å². The molecule has 3 heterocycles. The van der Waals surface area contributed by atoms with Crippen molar-refractivity contribution in [1.82, 2.24) is 25.1 Å². The number of alkyl halides is 3. The number of nitrogens with one attached hydrogen (secondary N) is 1. The second-order valence-corrected chi connectivity index (χ2v) is 10.0. The van der Waals surface area contributed by atoms with Gasteiger partial charge in [0.05, 0.1) is 11.1 Å². The van der Waals surface area contributed by atoms with Crippen LogP contribution in [0.4, 0.5) is 18.9 Å². The van der Waals surface area contributed by atoms with Gasteiger partial charge in [0.2, 0.25) is 0 Å². The molecule has 178 valence electrons. The summed E-state index contributed by atoms with van der Waals surface area (Å²) < 4.78 is 42.4. The summed E-state index contributed by atoms with van der Waals surface area (Å²) in [6, 6.07) is 9.14. The summed E-state index contributed by atoms with van der Waals surface area (Å²) in [5, 5.41) is 8.90. The van der Waals surface area contributed by atoms with Crippen LogP contribution in [0.3, 0.4) is 0 Å². The minimum Gasteiger partial charge on any atom is -0.370 e. The predicted molar refractivity (Wildman–Crippen MR) is 128 cm³/mol. The Labute approximate surface area is 195 Å². The summed E-state index contributed by atoms with van der Waals surface area (Å²) in [6.45, 7) is 8.40. The molecule has 1 fully saturated rings. The lowest BCUT2D eigenvalue weighted by molar-refractivity contribution is -0.136. The molecule has 2 aromatic heterocycles. The fraction of sp³-hybridized carbons (Fsp3) is 0.400. The summed E-state index contributed by atoms with van der Waals surface area (Å²) in [6.07, 6.45) is -0.199. The Morgan fingerprint density at radius 1 is 1.06 bits per heavy atom. The Hall–Kier alpha value is -3.20.